The molecule has 0 N–H and O–H groups in total. The van der Waals surface area contributed by atoms with E-state index in [0.717, 1.165) is 0 Å². The second kappa shape index (κ2) is 4.99. The maximum Gasteiger partial charge on any atom is 0.445 e. The lowest BCUT2D eigenvalue weighted by atomic mass is 10.2. The number of pyridine rings is 1. The molecule has 0 spiro atoms. The molecule has 2 heterocycles. The normalized spacial score (nSPS) is 12.7. The Kier molecular flexibility index (Phi) is 3.37. The van der Waals surface area contributed by atoms with Crippen LogP contribution < -0.4 is 0 Å². The van der Waals surface area contributed by atoms with Crippen molar-refractivity contribution >= 4 is 32.1 Å². The maximum absolute atomic E-state index is 12.5. The molecule has 10 heteroatoms. The number of benzene rings is 1. The van der Waals surface area contributed by atoms with Crippen molar-refractivity contribution in [3.63, 3.8) is 0 Å². The van der Waals surface area contributed by atoms with Gasteiger partial charge in [-0.05, 0) is 12.1 Å². The molecule has 0 radical (unpaired) electrons. The van der Waals surface area contributed by atoms with Gasteiger partial charge in [0.25, 0.3) is 0 Å². The number of rotatable bonds is 2. The first-order valence-corrected chi connectivity index (χ1v) is 8.09. The zero-order chi connectivity index (χ0) is 16.0. The van der Waals surface area contributed by atoms with Crippen LogP contribution in [-0.2, 0) is 16.0 Å². The molecule has 22 heavy (non-hydrogen) atoms. The zero-order valence-corrected chi connectivity index (χ0v) is 12.2. The van der Waals surface area contributed by atoms with Gasteiger partial charge in [0.05, 0.1) is 5.52 Å². The first-order chi connectivity index (χ1) is 10.3. The van der Waals surface area contributed by atoms with Gasteiger partial charge < -0.3 is 0 Å². The van der Waals surface area contributed by atoms with E-state index >= 15 is 0 Å². The number of aromatic nitrogens is 3. The van der Waals surface area contributed by atoms with Crippen LogP contribution in [0.15, 0.2) is 45.8 Å². The molecule has 2 aromatic heterocycles. The van der Waals surface area contributed by atoms with Crippen molar-refractivity contribution in [2.24, 2.45) is 0 Å². The summed E-state index contributed by atoms with van der Waals surface area (Å²) in [6.45, 7) is 0. The average molecular weight is 345 g/mol. The molecule has 0 aliphatic heterocycles. The molecule has 0 aliphatic carbocycles. The number of para-hydroxylation sites is 1. The molecular formula is C12H6F3N3O2S2. The highest BCUT2D eigenvalue weighted by molar-refractivity contribution is 7.93. The van der Waals surface area contributed by atoms with E-state index in [9.17, 15) is 21.6 Å². The Morgan fingerprint density at radius 2 is 1.77 bits per heavy atom. The number of fused-ring (bicyclic) bond motifs is 1. The van der Waals surface area contributed by atoms with Gasteiger partial charge in [-0.1, -0.05) is 29.5 Å². The molecule has 3 rings (SSSR count). The van der Waals surface area contributed by atoms with Crippen molar-refractivity contribution in [3.05, 3.63) is 41.5 Å². The SMILES string of the molecule is O=S(=O)(c1nnc(C(F)(F)F)s1)c1cccc2cccnc12. The van der Waals surface area contributed by atoms with Crippen molar-refractivity contribution < 1.29 is 21.6 Å². The molecule has 0 amide bonds. The van der Waals surface area contributed by atoms with Crippen molar-refractivity contribution in [3.8, 4) is 0 Å². The first-order valence-electron chi connectivity index (χ1n) is 5.80. The molecule has 114 valence electrons. The minimum absolute atomic E-state index is 0.0128. The molecule has 0 atom stereocenters. The summed E-state index contributed by atoms with van der Waals surface area (Å²) >= 11 is -0.0128. The number of halogens is 3. The highest BCUT2D eigenvalue weighted by Gasteiger charge is 2.38. The Morgan fingerprint density at radius 1 is 1.05 bits per heavy atom. The zero-order valence-electron chi connectivity index (χ0n) is 10.6. The topological polar surface area (TPSA) is 72.8 Å². The van der Waals surface area contributed by atoms with Crippen LogP contribution in [0.3, 0.4) is 0 Å². The minimum atomic E-state index is -4.73. The number of sulfone groups is 1. The predicted molar refractivity (Wildman–Crippen MR) is 72.1 cm³/mol. The maximum atomic E-state index is 12.5. The van der Waals surface area contributed by atoms with Gasteiger partial charge in [-0.3, -0.25) is 4.98 Å². The minimum Gasteiger partial charge on any atom is -0.255 e. The van der Waals surface area contributed by atoms with E-state index < -0.39 is 25.4 Å². The van der Waals surface area contributed by atoms with Crippen molar-refractivity contribution in [2.45, 2.75) is 15.4 Å². The van der Waals surface area contributed by atoms with Crippen molar-refractivity contribution in [1.82, 2.24) is 15.2 Å². The van der Waals surface area contributed by atoms with Crippen LogP contribution >= 0.6 is 11.3 Å². The number of hydrogen-bond donors (Lipinski definition) is 0. The van der Waals surface area contributed by atoms with E-state index in [4.69, 9.17) is 0 Å². The van der Waals surface area contributed by atoms with E-state index in [0.29, 0.717) is 5.39 Å². The second-order valence-corrected chi connectivity index (χ2v) is 7.27. The molecule has 5 nitrogen and oxygen atoms in total. The van der Waals surface area contributed by atoms with Crippen LogP contribution in [0, 0.1) is 0 Å². The third-order valence-electron chi connectivity index (χ3n) is 2.76. The molecule has 1 aromatic carbocycles. The van der Waals surface area contributed by atoms with Crippen LogP contribution in [0.4, 0.5) is 13.2 Å². The Bertz CT molecular complexity index is 946. The van der Waals surface area contributed by atoms with Crippen LogP contribution in [0.25, 0.3) is 10.9 Å². The fourth-order valence-electron chi connectivity index (χ4n) is 1.82. The summed E-state index contributed by atoms with van der Waals surface area (Å²) in [5.41, 5.74) is 0.175. The van der Waals surface area contributed by atoms with Gasteiger partial charge in [-0.2, -0.15) is 13.2 Å². The lowest BCUT2D eigenvalue weighted by Crippen LogP contribution is -2.03. The van der Waals surface area contributed by atoms with E-state index in [1.165, 1.54) is 18.3 Å². The smallest absolute Gasteiger partial charge is 0.255 e. The van der Waals surface area contributed by atoms with Crippen molar-refractivity contribution in [1.29, 1.82) is 0 Å². The summed E-state index contributed by atoms with van der Waals surface area (Å²) in [5.74, 6) is 0. The summed E-state index contributed by atoms with van der Waals surface area (Å²) < 4.78 is 61.9. The van der Waals surface area contributed by atoms with E-state index in [1.807, 2.05) is 0 Å². The fraction of sp³-hybridized carbons (Fsp3) is 0.0833. The predicted octanol–water partition coefficient (Wildman–Crippen LogP) is 2.94. The first kappa shape index (κ1) is 14.9. The van der Waals surface area contributed by atoms with Crippen LogP contribution in [0.1, 0.15) is 5.01 Å². The standard InChI is InChI=1S/C12H6F3N3O2S2/c13-12(14,15)10-17-18-11(21-10)22(19,20)8-5-1-3-7-4-2-6-16-9(7)8/h1-6H. The third-order valence-corrected chi connectivity index (χ3v) is 5.88. The molecular weight excluding hydrogens is 339 g/mol. The quantitative estimate of drug-likeness (QED) is 0.714. The summed E-state index contributed by atoms with van der Waals surface area (Å²) in [5, 5.41) is 5.33. The molecule has 0 bridgehead atoms. The molecule has 0 saturated heterocycles. The Hall–Kier alpha value is -2.07. The van der Waals surface area contributed by atoms with E-state index in [2.05, 4.69) is 15.2 Å². The molecule has 0 fully saturated rings. The van der Waals surface area contributed by atoms with Gasteiger partial charge in [-0.25, -0.2) is 8.42 Å². The lowest BCUT2D eigenvalue weighted by molar-refractivity contribution is -0.138. The Balaban J connectivity index is 2.19. The highest BCUT2D eigenvalue weighted by atomic mass is 32.2. The number of alkyl halides is 3. The van der Waals surface area contributed by atoms with Crippen LogP contribution in [0.5, 0.6) is 0 Å². The molecule has 0 aliphatic rings. The molecule has 3 aromatic rings. The van der Waals surface area contributed by atoms with Gasteiger partial charge in [-0.15, -0.1) is 10.2 Å². The van der Waals surface area contributed by atoms with Gasteiger partial charge in [0, 0.05) is 11.6 Å². The average Bonchev–Trinajstić information content (AvgIpc) is 2.97. The highest BCUT2D eigenvalue weighted by Crippen LogP contribution is 2.35. The lowest BCUT2D eigenvalue weighted by Gasteiger charge is -2.04. The summed E-state index contributed by atoms with van der Waals surface area (Å²) in [4.78, 5) is 3.78. The Labute approximate surface area is 126 Å². The van der Waals surface area contributed by atoms with E-state index in [1.54, 1.807) is 18.2 Å². The largest absolute Gasteiger partial charge is 0.445 e. The van der Waals surface area contributed by atoms with Gasteiger partial charge in [0.1, 0.15) is 4.90 Å². The van der Waals surface area contributed by atoms with Gasteiger partial charge in [0.2, 0.25) is 19.2 Å². The number of nitrogens with zero attached hydrogens (tertiary/aromatic N) is 3. The van der Waals surface area contributed by atoms with Gasteiger partial charge in [0.15, 0.2) is 0 Å². The molecule has 0 unspecified atom stereocenters. The van der Waals surface area contributed by atoms with Crippen LogP contribution in [0.2, 0.25) is 0 Å². The summed E-state index contributed by atoms with van der Waals surface area (Å²) in [7, 11) is -4.22. The summed E-state index contributed by atoms with van der Waals surface area (Å²) in [6.07, 6.45) is -3.33. The second-order valence-electron chi connectivity index (χ2n) is 4.21. The van der Waals surface area contributed by atoms with Crippen LogP contribution in [-0.4, -0.2) is 23.6 Å². The monoisotopic (exact) mass is 345 g/mol. The third kappa shape index (κ3) is 2.44. The summed E-state index contributed by atoms with van der Waals surface area (Å²) in [6, 6.07) is 7.71. The Morgan fingerprint density at radius 3 is 2.45 bits per heavy atom. The van der Waals surface area contributed by atoms with Crippen molar-refractivity contribution in [2.75, 3.05) is 0 Å². The fourth-order valence-corrected chi connectivity index (χ4v) is 4.23. The van der Waals surface area contributed by atoms with Gasteiger partial charge >= 0.3 is 6.18 Å². The molecule has 0 saturated carbocycles. The number of hydrogen-bond acceptors (Lipinski definition) is 6. The van der Waals surface area contributed by atoms with E-state index in [-0.39, 0.29) is 21.7 Å².